The number of tetrazole rings is 1. The van der Waals surface area contributed by atoms with Gasteiger partial charge < -0.3 is 0 Å². The summed E-state index contributed by atoms with van der Waals surface area (Å²) in [7, 11) is 0. The van der Waals surface area contributed by atoms with Crippen LogP contribution in [0.4, 0.5) is 0 Å². The van der Waals surface area contributed by atoms with E-state index in [1.807, 2.05) is 30.3 Å². The first kappa shape index (κ1) is 9.17. The van der Waals surface area contributed by atoms with Crippen LogP contribution in [0.15, 0.2) is 36.5 Å². The lowest BCUT2D eigenvalue weighted by molar-refractivity contribution is 0.784. The van der Waals surface area contributed by atoms with E-state index in [2.05, 4.69) is 20.5 Å². The topological polar surface area (TPSA) is 59.4 Å². The van der Waals surface area contributed by atoms with Crippen LogP contribution in [0.25, 0.3) is 16.6 Å². The monoisotopic (exact) mass is 229 g/mol. The molecule has 78 valence electrons. The zero-order valence-corrected chi connectivity index (χ0v) is 8.98. The number of hydrogen-bond donors (Lipinski definition) is 1. The predicted octanol–water partition coefficient (Wildman–Crippen LogP) is 1.87. The minimum absolute atomic E-state index is 0.386. The number of H-pyrrole nitrogens is 1. The molecule has 0 spiro atoms. The van der Waals surface area contributed by atoms with Crippen molar-refractivity contribution in [2.45, 2.75) is 0 Å². The Morgan fingerprint density at radius 2 is 2.12 bits per heavy atom. The smallest absolute Gasteiger partial charge is 0.242 e. The van der Waals surface area contributed by atoms with E-state index in [0.29, 0.717) is 4.77 Å². The van der Waals surface area contributed by atoms with Gasteiger partial charge >= 0.3 is 0 Å². The molecule has 0 saturated heterocycles. The number of pyridine rings is 1. The molecule has 0 radical (unpaired) electrons. The Labute approximate surface area is 95.7 Å². The quantitative estimate of drug-likeness (QED) is 0.647. The van der Waals surface area contributed by atoms with Crippen molar-refractivity contribution in [3.63, 3.8) is 0 Å². The van der Waals surface area contributed by atoms with Gasteiger partial charge in [-0.05, 0) is 24.4 Å². The van der Waals surface area contributed by atoms with E-state index < -0.39 is 0 Å². The summed E-state index contributed by atoms with van der Waals surface area (Å²) in [5.41, 5.74) is 1.78. The Balaban J connectivity index is 2.27. The molecule has 0 aliphatic carbocycles. The number of hydrogen-bond acceptors (Lipinski definition) is 4. The van der Waals surface area contributed by atoms with Crippen LogP contribution in [0.5, 0.6) is 0 Å². The Hall–Kier alpha value is -2.08. The Morgan fingerprint density at radius 1 is 1.25 bits per heavy atom. The van der Waals surface area contributed by atoms with E-state index in [1.165, 1.54) is 0 Å². The first-order valence-corrected chi connectivity index (χ1v) is 5.11. The maximum absolute atomic E-state index is 5.02. The summed E-state index contributed by atoms with van der Waals surface area (Å²) in [6.07, 6.45) is 1.73. The number of nitrogens with zero attached hydrogens (tertiary/aromatic N) is 4. The second-order valence-corrected chi connectivity index (χ2v) is 3.67. The molecule has 0 saturated carbocycles. The van der Waals surface area contributed by atoms with Gasteiger partial charge in [-0.25, -0.2) is 4.68 Å². The predicted molar refractivity (Wildman–Crippen MR) is 61.8 cm³/mol. The molecule has 2 heterocycles. The van der Waals surface area contributed by atoms with Crippen molar-refractivity contribution in [3.8, 4) is 5.69 Å². The third-order valence-electron chi connectivity index (χ3n) is 2.31. The van der Waals surface area contributed by atoms with Crippen LogP contribution in [-0.4, -0.2) is 25.2 Å². The highest BCUT2D eigenvalue weighted by molar-refractivity contribution is 7.71. The summed E-state index contributed by atoms with van der Waals surface area (Å²) in [6.45, 7) is 0. The lowest BCUT2D eigenvalue weighted by Gasteiger charge is -2.01. The Kier molecular flexibility index (Phi) is 2.00. The van der Waals surface area contributed by atoms with E-state index in [-0.39, 0.29) is 0 Å². The largest absolute Gasteiger partial charge is 0.254 e. The second kappa shape index (κ2) is 3.49. The van der Waals surface area contributed by atoms with Gasteiger partial charge in [0.25, 0.3) is 0 Å². The summed E-state index contributed by atoms with van der Waals surface area (Å²) < 4.78 is 1.99. The van der Waals surface area contributed by atoms with Gasteiger partial charge in [-0.15, -0.1) is 0 Å². The molecule has 0 amide bonds. The van der Waals surface area contributed by atoms with E-state index >= 15 is 0 Å². The Morgan fingerprint density at radius 3 is 2.94 bits per heavy atom. The third-order valence-corrected chi connectivity index (χ3v) is 2.57. The summed E-state index contributed by atoms with van der Waals surface area (Å²) in [5, 5.41) is 11.1. The molecule has 3 aromatic rings. The van der Waals surface area contributed by atoms with Crippen LogP contribution in [0.2, 0.25) is 0 Å². The highest BCUT2D eigenvalue weighted by Crippen LogP contribution is 2.14. The Bertz CT molecular complexity index is 699. The van der Waals surface area contributed by atoms with Gasteiger partial charge in [0.15, 0.2) is 0 Å². The molecule has 3 rings (SSSR count). The lowest BCUT2D eigenvalue weighted by Crippen LogP contribution is -1.97. The fraction of sp³-hybridized carbons (Fsp3) is 0. The molecule has 5 nitrogen and oxygen atoms in total. The maximum Gasteiger partial charge on any atom is 0.242 e. The maximum atomic E-state index is 5.02. The van der Waals surface area contributed by atoms with Crippen molar-refractivity contribution in [1.82, 2.24) is 25.2 Å². The molecule has 0 unspecified atom stereocenters. The molecular formula is C10H7N5S. The van der Waals surface area contributed by atoms with Gasteiger partial charge in [-0.1, -0.05) is 28.5 Å². The van der Waals surface area contributed by atoms with Gasteiger partial charge in [0.05, 0.1) is 17.4 Å². The van der Waals surface area contributed by atoms with Crippen LogP contribution in [0.1, 0.15) is 0 Å². The van der Waals surface area contributed by atoms with E-state index in [1.54, 1.807) is 10.9 Å². The molecule has 1 N–H and O–H groups in total. The fourth-order valence-corrected chi connectivity index (χ4v) is 1.73. The van der Waals surface area contributed by atoms with E-state index in [0.717, 1.165) is 16.6 Å². The van der Waals surface area contributed by atoms with Crippen LogP contribution < -0.4 is 0 Å². The van der Waals surface area contributed by atoms with Gasteiger partial charge in [0.1, 0.15) is 0 Å². The first-order valence-electron chi connectivity index (χ1n) is 4.70. The molecule has 0 aliphatic rings. The molecule has 0 bridgehead atoms. The third kappa shape index (κ3) is 1.40. The molecular weight excluding hydrogens is 222 g/mol. The summed E-state index contributed by atoms with van der Waals surface area (Å²) in [6, 6.07) is 9.87. The molecule has 0 fully saturated rings. The van der Waals surface area contributed by atoms with Gasteiger partial charge in [0.2, 0.25) is 4.77 Å². The zero-order valence-electron chi connectivity index (χ0n) is 8.16. The average Bonchev–Trinajstić information content (AvgIpc) is 2.75. The molecule has 16 heavy (non-hydrogen) atoms. The zero-order chi connectivity index (χ0) is 11.0. The SMILES string of the molecule is S=c1nn[nH]n1-c1cnc2ccccc2c1. The standard InChI is InChI=1S/C10H7N5S/c16-10-12-13-14-15(10)8-5-7-3-1-2-4-9(7)11-6-8/h1-6H,(H,12,14,16). The van der Waals surface area contributed by atoms with Crippen LogP contribution in [0, 0.1) is 4.77 Å². The van der Waals surface area contributed by atoms with Crippen LogP contribution in [0.3, 0.4) is 0 Å². The molecule has 0 atom stereocenters. The van der Waals surface area contributed by atoms with Crippen LogP contribution in [-0.2, 0) is 0 Å². The number of rotatable bonds is 1. The lowest BCUT2D eigenvalue weighted by atomic mass is 10.2. The van der Waals surface area contributed by atoms with Gasteiger partial charge in [-0.2, -0.15) is 5.21 Å². The van der Waals surface area contributed by atoms with Gasteiger partial charge in [0, 0.05) is 5.39 Å². The number of para-hydroxylation sites is 1. The van der Waals surface area contributed by atoms with Crippen molar-refractivity contribution < 1.29 is 0 Å². The van der Waals surface area contributed by atoms with Crippen molar-refractivity contribution in [2.75, 3.05) is 0 Å². The number of fused-ring (bicyclic) bond motifs is 1. The van der Waals surface area contributed by atoms with Crippen molar-refractivity contribution in [1.29, 1.82) is 0 Å². The van der Waals surface area contributed by atoms with Crippen LogP contribution >= 0.6 is 12.2 Å². The van der Waals surface area contributed by atoms with E-state index in [9.17, 15) is 0 Å². The summed E-state index contributed by atoms with van der Waals surface area (Å²) in [4.78, 5) is 4.34. The highest BCUT2D eigenvalue weighted by atomic mass is 32.1. The number of benzene rings is 1. The second-order valence-electron chi connectivity index (χ2n) is 3.30. The van der Waals surface area contributed by atoms with E-state index in [4.69, 9.17) is 12.2 Å². The normalized spacial score (nSPS) is 10.8. The number of aromatic amines is 1. The summed E-state index contributed by atoms with van der Waals surface area (Å²) >= 11 is 5.02. The number of aromatic nitrogens is 5. The van der Waals surface area contributed by atoms with Crippen molar-refractivity contribution in [3.05, 3.63) is 41.3 Å². The minimum Gasteiger partial charge on any atom is -0.254 e. The van der Waals surface area contributed by atoms with Crippen molar-refractivity contribution in [2.24, 2.45) is 0 Å². The number of nitrogens with one attached hydrogen (secondary N) is 1. The minimum atomic E-state index is 0.386. The molecule has 1 aromatic carbocycles. The molecule has 2 aromatic heterocycles. The van der Waals surface area contributed by atoms with Gasteiger partial charge in [-0.3, -0.25) is 4.98 Å². The first-order chi connectivity index (χ1) is 7.84. The summed E-state index contributed by atoms with van der Waals surface area (Å²) in [5.74, 6) is 0. The molecule has 6 heteroatoms. The molecule has 0 aliphatic heterocycles. The fourth-order valence-electron chi connectivity index (χ4n) is 1.55. The highest BCUT2D eigenvalue weighted by Gasteiger charge is 2.01. The van der Waals surface area contributed by atoms with Crippen molar-refractivity contribution >= 4 is 23.1 Å². The average molecular weight is 229 g/mol.